The molecule has 28 heavy (non-hydrogen) atoms. The number of aromatic amines is 1. The third-order valence-electron chi connectivity index (χ3n) is 3.35. The predicted molar refractivity (Wildman–Crippen MR) is 93.9 cm³/mol. The molecule has 10 heteroatoms. The van der Waals surface area contributed by atoms with Gasteiger partial charge in [-0.2, -0.15) is 18.2 Å². The standard InChI is InChI=1S/C18H17F3N2O5/c1-3-27-16(24)10-28-13-7-5-11(8-14(13)26-2)4-6-12-9-15(18(19,20)21)23-17(25)22-12/h4-9H,3,10H2,1-2H3,(H,22,23,25)/b6-4-. The fourth-order valence-electron chi connectivity index (χ4n) is 2.14. The van der Waals surface area contributed by atoms with Crippen LogP contribution in [0.4, 0.5) is 13.2 Å². The van der Waals surface area contributed by atoms with Crippen molar-refractivity contribution >= 4 is 18.1 Å². The first-order valence-corrected chi connectivity index (χ1v) is 8.06. The van der Waals surface area contributed by atoms with E-state index >= 15 is 0 Å². The van der Waals surface area contributed by atoms with Gasteiger partial charge in [-0.15, -0.1) is 0 Å². The molecule has 0 aliphatic rings. The lowest BCUT2D eigenvalue weighted by Crippen LogP contribution is -2.19. The highest BCUT2D eigenvalue weighted by Crippen LogP contribution is 2.29. The summed E-state index contributed by atoms with van der Waals surface area (Å²) >= 11 is 0. The van der Waals surface area contributed by atoms with Gasteiger partial charge in [0, 0.05) is 0 Å². The summed E-state index contributed by atoms with van der Waals surface area (Å²) in [5.74, 6) is 0.0667. The lowest BCUT2D eigenvalue weighted by molar-refractivity contribution is -0.145. The Bertz CT molecular complexity index is 922. The normalized spacial score (nSPS) is 11.5. The molecule has 0 spiro atoms. The molecule has 0 saturated heterocycles. The number of esters is 1. The number of carbonyl (C=O) groups is 1. The first-order valence-electron chi connectivity index (χ1n) is 8.06. The van der Waals surface area contributed by atoms with Crippen molar-refractivity contribution in [1.29, 1.82) is 0 Å². The molecule has 7 nitrogen and oxygen atoms in total. The molecular weight excluding hydrogens is 381 g/mol. The summed E-state index contributed by atoms with van der Waals surface area (Å²) in [6.45, 7) is 1.61. The second kappa shape index (κ2) is 9.07. The fraction of sp³-hybridized carbons (Fsp3) is 0.278. The lowest BCUT2D eigenvalue weighted by atomic mass is 10.1. The van der Waals surface area contributed by atoms with Crippen molar-refractivity contribution in [3.63, 3.8) is 0 Å². The molecule has 0 bridgehead atoms. The minimum Gasteiger partial charge on any atom is -0.493 e. The van der Waals surface area contributed by atoms with Crippen LogP contribution in [0.3, 0.4) is 0 Å². The zero-order valence-corrected chi connectivity index (χ0v) is 15.0. The van der Waals surface area contributed by atoms with Gasteiger partial charge in [-0.05, 0) is 36.8 Å². The van der Waals surface area contributed by atoms with E-state index in [4.69, 9.17) is 14.2 Å². The van der Waals surface area contributed by atoms with Crippen LogP contribution in [-0.2, 0) is 15.7 Å². The molecule has 0 radical (unpaired) electrons. The van der Waals surface area contributed by atoms with Crippen LogP contribution in [-0.4, -0.2) is 36.3 Å². The summed E-state index contributed by atoms with van der Waals surface area (Å²) in [7, 11) is 1.40. The fourth-order valence-corrected chi connectivity index (χ4v) is 2.14. The Morgan fingerprint density at radius 1 is 1.21 bits per heavy atom. The lowest BCUT2D eigenvalue weighted by Gasteiger charge is -2.10. The van der Waals surface area contributed by atoms with E-state index in [1.165, 1.54) is 25.3 Å². The minimum absolute atomic E-state index is 0.155. The average molecular weight is 398 g/mol. The van der Waals surface area contributed by atoms with Crippen molar-refractivity contribution < 1.29 is 32.2 Å². The summed E-state index contributed by atoms with van der Waals surface area (Å²) in [6.07, 6.45) is -1.97. The van der Waals surface area contributed by atoms with Crippen LogP contribution < -0.4 is 15.2 Å². The summed E-state index contributed by atoms with van der Waals surface area (Å²) < 4.78 is 53.5. The molecule has 2 rings (SSSR count). The third-order valence-corrected chi connectivity index (χ3v) is 3.35. The topological polar surface area (TPSA) is 90.5 Å². The number of rotatable bonds is 7. The van der Waals surface area contributed by atoms with Gasteiger partial charge in [-0.1, -0.05) is 12.1 Å². The Balaban J connectivity index is 2.19. The number of ether oxygens (including phenoxy) is 3. The molecular formula is C18H17F3N2O5. The zero-order chi connectivity index (χ0) is 20.7. The molecule has 1 heterocycles. The van der Waals surface area contributed by atoms with E-state index in [0.29, 0.717) is 17.1 Å². The maximum absolute atomic E-state index is 12.7. The molecule has 0 atom stereocenters. The van der Waals surface area contributed by atoms with E-state index < -0.39 is 23.5 Å². The summed E-state index contributed by atoms with van der Waals surface area (Å²) in [4.78, 5) is 27.8. The van der Waals surface area contributed by atoms with Crippen molar-refractivity contribution in [2.45, 2.75) is 13.1 Å². The molecule has 0 saturated carbocycles. The summed E-state index contributed by atoms with van der Waals surface area (Å²) in [6, 6.07) is 5.40. The summed E-state index contributed by atoms with van der Waals surface area (Å²) in [5, 5.41) is 0. The van der Waals surface area contributed by atoms with E-state index in [1.54, 1.807) is 24.0 Å². The van der Waals surface area contributed by atoms with Crippen molar-refractivity contribution in [2.75, 3.05) is 20.3 Å². The highest BCUT2D eigenvalue weighted by molar-refractivity contribution is 5.72. The van der Waals surface area contributed by atoms with Gasteiger partial charge in [-0.25, -0.2) is 9.59 Å². The number of hydrogen-bond acceptors (Lipinski definition) is 6. The Kier molecular flexibility index (Phi) is 6.80. The Morgan fingerprint density at radius 2 is 1.96 bits per heavy atom. The first kappa shape index (κ1) is 21.0. The van der Waals surface area contributed by atoms with Crippen LogP contribution >= 0.6 is 0 Å². The number of methoxy groups -OCH3 is 1. The second-order valence-corrected chi connectivity index (χ2v) is 5.36. The largest absolute Gasteiger partial charge is 0.493 e. The van der Waals surface area contributed by atoms with Crippen molar-refractivity contribution in [3.8, 4) is 11.5 Å². The number of carbonyl (C=O) groups excluding carboxylic acids is 1. The molecule has 0 amide bonds. The first-order chi connectivity index (χ1) is 13.2. The smallest absolute Gasteiger partial charge is 0.431 e. The maximum Gasteiger partial charge on any atom is 0.431 e. The van der Waals surface area contributed by atoms with Crippen LogP contribution in [0.15, 0.2) is 29.1 Å². The van der Waals surface area contributed by atoms with Crippen LogP contribution in [0.1, 0.15) is 23.9 Å². The molecule has 0 unspecified atom stereocenters. The van der Waals surface area contributed by atoms with Crippen LogP contribution in [0.5, 0.6) is 11.5 Å². The molecule has 1 N–H and O–H groups in total. The SMILES string of the molecule is CCOC(=O)COc1ccc(/C=C\c2cc(C(F)(F)F)[nH]c(=O)n2)cc1OC. The van der Waals surface area contributed by atoms with Gasteiger partial charge in [0.05, 0.1) is 19.4 Å². The van der Waals surface area contributed by atoms with Gasteiger partial charge < -0.3 is 19.2 Å². The molecule has 150 valence electrons. The molecule has 0 aliphatic heterocycles. The van der Waals surface area contributed by atoms with Gasteiger partial charge in [0.1, 0.15) is 5.69 Å². The molecule has 1 aromatic heterocycles. The molecule has 0 fully saturated rings. The van der Waals surface area contributed by atoms with Crippen molar-refractivity contribution in [1.82, 2.24) is 9.97 Å². The van der Waals surface area contributed by atoms with E-state index in [0.717, 1.165) is 6.07 Å². The van der Waals surface area contributed by atoms with Crippen molar-refractivity contribution in [2.24, 2.45) is 0 Å². The number of alkyl halides is 3. The number of nitrogens with zero attached hydrogens (tertiary/aromatic N) is 1. The average Bonchev–Trinajstić information content (AvgIpc) is 2.64. The second-order valence-electron chi connectivity index (χ2n) is 5.36. The van der Waals surface area contributed by atoms with Crippen LogP contribution in [0, 0.1) is 0 Å². The highest BCUT2D eigenvalue weighted by Gasteiger charge is 2.32. The van der Waals surface area contributed by atoms with E-state index in [1.807, 2.05) is 0 Å². The molecule has 1 aromatic carbocycles. The number of nitrogens with one attached hydrogen (secondary N) is 1. The van der Waals surface area contributed by atoms with Gasteiger partial charge in [0.25, 0.3) is 0 Å². The van der Waals surface area contributed by atoms with Gasteiger partial charge >= 0.3 is 17.8 Å². The summed E-state index contributed by atoms with van der Waals surface area (Å²) in [5.41, 5.74) is -1.89. The number of halogens is 3. The monoisotopic (exact) mass is 398 g/mol. The van der Waals surface area contributed by atoms with E-state index in [9.17, 15) is 22.8 Å². The van der Waals surface area contributed by atoms with Crippen LogP contribution in [0.2, 0.25) is 0 Å². The molecule has 2 aromatic rings. The van der Waals surface area contributed by atoms with Crippen LogP contribution in [0.25, 0.3) is 12.2 Å². The Labute approximate surface area is 157 Å². The third kappa shape index (κ3) is 5.86. The van der Waals surface area contributed by atoms with Gasteiger partial charge in [-0.3, -0.25) is 0 Å². The number of hydrogen-bond donors (Lipinski definition) is 1. The van der Waals surface area contributed by atoms with Gasteiger partial charge in [0.15, 0.2) is 18.1 Å². The number of H-pyrrole nitrogens is 1. The van der Waals surface area contributed by atoms with Crippen molar-refractivity contribution in [3.05, 3.63) is 51.7 Å². The van der Waals surface area contributed by atoms with E-state index in [2.05, 4.69) is 4.98 Å². The highest BCUT2D eigenvalue weighted by atomic mass is 19.4. The number of benzene rings is 1. The predicted octanol–water partition coefficient (Wildman–Crippen LogP) is 2.91. The maximum atomic E-state index is 12.7. The number of aromatic nitrogens is 2. The quantitative estimate of drug-likeness (QED) is 0.722. The van der Waals surface area contributed by atoms with Gasteiger partial charge in [0.2, 0.25) is 0 Å². The minimum atomic E-state index is -4.69. The van der Waals surface area contributed by atoms with E-state index in [-0.39, 0.29) is 18.9 Å². The zero-order valence-electron chi connectivity index (χ0n) is 15.0. The Hall–Kier alpha value is -3.30. The molecule has 0 aliphatic carbocycles. The Morgan fingerprint density at radius 3 is 2.61 bits per heavy atom.